The Morgan fingerprint density at radius 1 is 0.357 bits per heavy atom. The van der Waals surface area contributed by atoms with E-state index >= 15 is 0 Å². The highest BCUT2D eigenvalue weighted by Crippen LogP contribution is 2.70. The van der Waals surface area contributed by atoms with E-state index in [9.17, 15) is 0 Å². The molecular weight excluding hydrogens is 843 g/mol. The van der Waals surface area contributed by atoms with E-state index in [0.717, 1.165) is 53.6 Å². The topological polar surface area (TPSA) is 3.24 Å². The fourth-order valence-corrected chi connectivity index (χ4v) is 16.1. The molecule has 0 heterocycles. The monoisotopic (exact) mass is 899 g/mol. The predicted octanol–water partition coefficient (Wildman–Crippen LogP) is 17.3. The molecule has 338 valence electrons. The van der Waals surface area contributed by atoms with Crippen LogP contribution in [0.1, 0.15) is 87.7 Å². The first-order valence-electron chi connectivity index (χ1n) is 26.2. The molecule has 0 atom stereocenters. The van der Waals surface area contributed by atoms with Gasteiger partial charge in [-0.15, -0.1) is 0 Å². The van der Waals surface area contributed by atoms with Crippen LogP contribution in [0.2, 0.25) is 0 Å². The summed E-state index contributed by atoms with van der Waals surface area (Å²) < 4.78 is 0. The molecule has 9 aromatic rings. The van der Waals surface area contributed by atoms with Gasteiger partial charge >= 0.3 is 0 Å². The largest absolute Gasteiger partial charge is 0.310 e. The average Bonchev–Trinajstić information content (AvgIpc) is 3.80. The lowest BCUT2D eigenvalue weighted by atomic mass is 9.43. The minimum Gasteiger partial charge on any atom is -0.310 e. The molecule has 0 amide bonds. The molecule has 2 spiro atoms. The van der Waals surface area contributed by atoms with E-state index in [1.807, 2.05) is 0 Å². The SMILES string of the molecule is Cc1ccc2c(c1)CCc1cc(C)ccc1C21c2ccccc2-c2ccc(N(c3ccc(-c4cccc5c4-c4ccccc4C54C5CC6CC(C5)CC4C6)cc3)c3cccc(-c4ccccc4)c3)cc21. The van der Waals surface area contributed by atoms with Gasteiger partial charge in [0.2, 0.25) is 0 Å². The maximum absolute atomic E-state index is 2.56. The van der Waals surface area contributed by atoms with Crippen LogP contribution in [0, 0.1) is 37.5 Å². The van der Waals surface area contributed by atoms with Gasteiger partial charge in [-0.1, -0.05) is 175 Å². The van der Waals surface area contributed by atoms with E-state index in [4.69, 9.17) is 0 Å². The molecule has 0 radical (unpaired) electrons. The quantitative estimate of drug-likeness (QED) is 0.166. The predicted molar refractivity (Wildman–Crippen MR) is 289 cm³/mol. The maximum atomic E-state index is 2.56. The van der Waals surface area contributed by atoms with Crippen LogP contribution in [-0.4, -0.2) is 0 Å². The summed E-state index contributed by atoms with van der Waals surface area (Å²) in [5, 5.41) is 0. The Hall–Kier alpha value is -7.22. The molecule has 4 bridgehead atoms. The summed E-state index contributed by atoms with van der Waals surface area (Å²) in [6, 6.07) is 77.7. The van der Waals surface area contributed by atoms with Crippen LogP contribution in [0.3, 0.4) is 0 Å². The Bertz CT molecular complexity index is 3510. The van der Waals surface area contributed by atoms with Crippen molar-refractivity contribution >= 4 is 17.1 Å². The van der Waals surface area contributed by atoms with Crippen LogP contribution in [-0.2, 0) is 23.7 Å². The first kappa shape index (κ1) is 40.6. The minimum absolute atomic E-state index is 0.149. The van der Waals surface area contributed by atoms with Crippen molar-refractivity contribution in [3.63, 3.8) is 0 Å². The van der Waals surface area contributed by atoms with Crippen LogP contribution in [0.4, 0.5) is 17.1 Å². The summed E-state index contributed by atoms with van der Waals surface area (Å²) in [6.45, 7) is 4.50. The van der Waals surface area contributed by atoms with Crippen molar-refractivity contribution in [1.82, 2.24) is 0 Å². The second kappa shape index (κ2) is 15.1. The van der Waals surface area contributed by atoms with Crippen LogP contribution >= 0.6 is 0 Å². The Morgan fingerprint density at radius 2 is 0.914 bits per heavy atom. The molecule has 70 heavy (non-hydrogen) atoms. The van der Waals surface area contributed by atoms with Gasteiger partial charge in [-0.3, -0.25) is 0 Å². The Morgan fingerprint density at radius 3 is 1.63 bits per heavy atom. The Kier molecular flexibility index (Phi) is 8.79. The number of aryl methyl sites for hydroxylation is 4. The summed E-state index contributed by atoms with van der Waals surface area (Å²) in [5.41, 5.74) is 28.2. The highest BCUT2D eigenvalue weighted by atomic mass is 15.1. The number of fused-ring (bicyclic) bond motifs is 12. The van der Waals surface area contributed by atoms with Crippen molar-refractivity contribution in [2.45, 2.75) is 69.6 Å². The summed E-state index contributed by atoms with van der Waals surface area (Å²) in [7, 11) is 0. The van der Waals surface area contributed by atoms with Crippen LogP contribution < -0.4 is 4.90 Å². The molecule has 0 saturated heterocycles. The zero-order valence-electron chi connectivity index (χ0n) is 40.3. The van der Waals surface area contributed by atoms with Gasteiger partial charge in [0.1, 0.15) is 0 Å². The highest BCUT2D eigenvalue weighted by molar-refractivity contribution is 5.95. The van der Waals surface area contributed by atoms with Crippen molar-refractivity contribution in [2.24, 2.45) is 23.7 Å². The molecule has 9 aromatic carbocycles. The van der Waals surface area contributed by atoms with Gasteiger partial charge in [0.25, 0.3) is 0 Å². The van der Waals surface area contributed by atoms with Crippen molar-refractivity contribution in [2.75, 3.05) is 4.90 Å². The molecule has 4 saturated carbocycles. The van der Waals surface area contributed by atoms with Gasteiger partial charge in [0.15, 0.2) is 0 Å². The number of benzene rings is 9. The molecule has 1 nitrogen and oxygen atoms in total. The molecule has 0 aliphatic heterocycles. The van der Waals surface area contributed by atoms with Crippen molar-refractivity contribution in [3.8, 4) is 44.5 Å². The summed E-state index contributed by atoms with van der Waals surface area (Å²) in [5.74, 6) is 3.35. The highest BCUT2D eigenvalue weighted by Gasteiger charge is 2.61. The summed E-state index contributed by atoms with van der Waals surface area (Å²) in [4.78, 5) is 2.52. The van der Waals surface area contributed by atoms with E-state index in [2.05, 4.69) is 219 Å². The zero-order valence-corrected chi connectivity index (χ0v) is 40.3. The molecule has 4 fully saturated rings. The van der Waals surface area contributed by atoms with E-state index < -0.39 is 5.41 Å². The first-order chi connectivity index (χ1) is 34.5. The number of rotatable bonds is 5. The van der Waals surface area contributed by atoms with Gasteiger partial charge in [-0.2, -0.15) is 0 Å². The molecule has 7 aliphatic rings. The van der Waals surface area contributed by atoms with Crippen molar-refractivity contribution in [3.05, 3.63) is 256 Å². The smallest absolute Gasteiger partial charge is 0.0719 e. The third-order valence-corrected chi connectivity index (χ3v) is 18.5. The van der Waals surface area contributed by atoms with E-state index in [1.54, 1.807) is 11.1 Å². The van der Waals surface area contributed by atoms with Gasteiger partial charge in [-0.05, 0) is 208 Å². The van der Waals surface area contributed by atoms with Gasteiger partial charge in [0, 0.05) is 22.5 Å². The van der Waals surface area contributed by atoms with Crippen LogP contribution in [0.15, 0.2) is 200 Å². The third kappa shape index (κ3) is 5.61. The van der Waals surface area contributed by atoms with Crippen molar-refractivity contribution < 1.29 is 0 Å². The van der Waals surface area contributed by atoms with Gasteiger partial charge in [-0.25, -0.2) is 0 Å². The normalized spacial score (nSPS) is 22.2. The lowest BCUT2D eigenvalue weighted by molar-refractivity contribution is -0.0399. The molecule has 0 aromatic heterocycles. The summed E-state index contributed by atoms with van der Waals surface area (Å²) in [6.07, 6.45) is 9.11. The van der Waals surface area contributed by atoms with Gasteiger partial charge < -0.3 is 4.90 Å². The molecule has 0 unspecified atom stereocenters. The van der Waals surface area contributed by atoms with E-state index in [-0.39, 0.29) is 5.41 Å². The summed E-state index contributed by atoms with van der Waals surface area (Å²) >= 11 is 0. The molecule has 1 heteroatoms. The lowest BCUT2D eigenvalue weighted by Gasteiger charge is -2.61. The number of nitrogens with zero attached hydrogens (tertiary/aromatic N) is 1. The third-order valence-electron chi connectivity index (χ3n) is 18.5. The lowest BCUT2D eigenvalue weighted by Crippen LogP contribution is -2.55. The molecule has 0 N–H and O–H groups in total. The minimum atomic E-state index is -0.468. The number of hydrogen-bond acceptors (Lipinski definition) is 1. The standard InChI is InChI=1S/C69H57N/c1-43-22-32-61-50(34-43)24-25-51-35-44(2)23-33-62(51)69(61)63-19-8-6-16-58(63)59-31-30-56(42-66(59)69)70(55-15-10-14-49(41-55)47-12-4-3-5-13-47)54-28-26-48(27-29-54)57-18-11-21-65-67(57)60-17-7-9-20-64(60)68(65)52-37-45-36-46(39-52)40-53(68)38-45/h3-23,26-35,41-42,45-46,52-53H,24-25,36-40H2,1-2H3. The van der Waals surface area contributed by atoms with Crippen LogP contribution in [0.25, 0.3) is 44.5 Å². The second-order valence-corrected chi connectivity index (χ2v) is 22.1. The van der Waals surface area contributed by atoms with E-state index in [1.165, 1.54) is 121 Å². The zero-order chi connectivity index (χ0) is 46.3. The van der Waals surface area contributed by atoms with Crippen molar-refractivity contribution in [1.29, 1.82) is 0 Å². The molecule has 16 rings (SSSR count). The first-order valence-corrected chi connectivity index (χ1v) is 26.2. The van der Waals surface area contributed by atoms with Crippen LogP contribution in [0.5, 0.6) is 0 Å². The second-order valence-electron chi connectivity index (χ2n) is 22.1. The fourth-order valence-electron chi connectivity index (χ4n) is 16.1. The number of hydrogen-bond donors (Lipinski definition) is 0. The number of anilines is 3. The van der Waals surface area contributed by atoms with E-state index in [0.29, 0.717) is 0 Å². The molecule has 7 aliphatic carbocycles. The Balaban J connectivity index is 0.920. The Labute approximate surface area is 413 Å². The fraction of sp³-hybridized carbons (Fsp3) is 0.217. The molecular formula is C69H57N. The average molecular weight is 900 g/mol. The van der Waals surface area contributed by atoms with Gasteiger partial charge in [0.05, 0.1) is 5.41 Å². The maximum Gasteiger partial charge on any atom is 0.0719 e.